The predicted molar refractivity (Wildman–Crippen MR) is 82.3 cm³/mol. The maximum Gasteiger partial charge on any atom is 0.249 e. The number of nitrogens with one attached hydrogen (secondary N) is 1. The monoisotopic (exact) mass is 282 g/mol. The Bertz CT molecular complexity index is 636. The summed E-state index contributed by atoms with van der Waals surface area (Å²) in [4.78, 5) is 22.7. The Balaban J connectivity index is 1.71. The molecule has 108 valence electrons. The number of benzene rings is 1. The van der Waals surface area contributed by atoms with Crippen LogP contribution in [-0.2, 0) is 4.79 Å². The van der Waals surface area contributed by atoms with E-state index in [0.29, 0.717) is 12.5 Å². The third kappa shape index (κ3) is 2.86. The predicted octanol–water partition coefficient (Wildman–Crippen LogP) is 2.31. The molecular weight excluding hydrogens is 264 g/mol. The zero-order valence-electron chi connectivity index (χ0n) is 12.2. The van der Waals surface area contributed by atoms with Crippen LogP contribution in [-0.4, -0.2) is 28.5 Å². The summed E-state index contributed by atoms with van der Waals surface area (Å²) in [5.41, 5.74) is 3.13. The van der Waals surface area contributed by atoms with E-state index in [4.69, 9.17) is 0 Å². The Morgan fingerprint density at radius 2 is 1.76 bits per heavy atom. The van der Waals surface area contributed by atoms with Gasteiger partial charge in [0.05, 0.1) is 0 Å². The Kier molecular flexibility index (Phi) is 3.56. The molecule has 1 aromatic carbocycles. The highest BCUT2D eigenvalue weighted by Gasteiger charge is 2.32. The summed E-state index contributed by atoms with van der Waals surface area (Å²) in [5.74, 6) is 0.577. The van der Waals surface area contributed by atoms with Crippen molar-refractivity contribution < 1.29 is 4.79 Å². The van der Waals surface area contributed by atoms with Crippen molar-refractivity contribution in [2.45, 2.75) is 26.3 Å². The average Bonchev–Trinajstić information content (AvgIpc) is 2.84. The topological polar surface area (TPSA) is 58.1 Å². The van der Waals surface area contributed by atoms with Crippen molar-refractivity contribution in [3.05, 3.63) is 47.8 Å². The van der Waals surface area contributed by atoms with Gasteiger partial charge in [-0.25, -0.2) is 9.97 Å². The first-order valence-electron chi connectivity index (χ1n) is 7.07. The van der Waals surface area contributed by atoms with Gasteiger partial charge >= 0.3 is 0 Å². The molecule has 0 aliphatic carbocycles. The lowest BCUT2D eigenvalue weighted by molar-refractivity contribution is -0.117. The van der Waals surface area contributed by atoms with Crippen LogP contribution < -0.4 is 10.2 Å². The van der Waals surface area contributed by atoms with Crippen LogP contribution in [0.5, 0.6) is 0 Å². The van der Waals surface area contributed by atoms with E-state index < -0.39 is 0 Å². The van der Waals surface area contributed by atoms with Gasteiger partial charge in [0.25, 0.3) is 0 Å². The number of amides is 1. The number of anilines is 2. The molecule has 1 amide bonds. The van der Waals surface area contributed by atoms with E-state index in [9.17, 15) is 4.79 Å². The second-order valence-corrected chi connectivity index (χ2v) is 5.40. The lowest BCUT2D eigenvalue weighted by Crippen LogP contribution is -2.33. The van der Waals surface area contributed by atoms with Gasteiger partial charge in [0.15, 0.2) is 0 Å². The summed E-state index contributed by atoms with van der Waals surface area (Å²) in [7, 11) is 0. The van der Waals surface area contributed by atoms with Gasteiger partial charge in [-0.1, -0.05) is 17.7 Å². The molecule has 0 spiro atoms. The van der Waals surface area contributed by atoms with Crippen LogP contribution >= 0.6 is 0 Å². The molecule has 1 aromatic heterocycles. The Labute approximate surface area is 124 Å². The fourth-order valence-electron chi connectivity index (χ4n) is 2.42. The first-order chi connectivity index (χ1) is 10.1. The smallest absolute Gasteiger partial charge is 0.249 e. The minimum atomic E-state index is -0.256. The van der Waals surface area contributed by atoms with Crippen molar-refractivity contribution in [3.63, 3.8) is 0 Å². The van der Waals surface area contributed by atoms with E-state index >= 15 is 0 Å². The third-order valence-corrected chi connectivity index (χ3v) is 3.64. The Hall–Kier alpha value is -2.43. The molecule has 1 aliphatic heterocycles. The van der Waals surface area contributed by atoms with Gasteiger partial charge < -0.3 is 10.2 Å². The molecule has 5 heteroatoms. The molecular formula is C16H18N4O. The summed E-state index contributed by atoms with van der Waals surface area (Å²) >= 11 is 0. The minimum absolute atomic E-state index is 0.0722. The molecule has 1 atom stereocenters. The van der Waals surface area contributed by atoms with Crippen LogP contribution in [0.4, 0.5) is 11.6 Å². The molecule has 21 heavy (non-hydrogen) atoms. The highest BCUT2D eigenvalue weighted by molar-refractivity contribution is 6.00. The molecule has 0 radical (unpaired) electrons. The molecule has 2 aromatic rings. The van der Waals surface area contributed by atoms with Crippen molar-refractivity contribution in [2.75, 3.05) is 16.8 Å². The number of carbonyl (C=O) groups excluding carboxylic acids is 1. The quantitative estimate of drug-likeness (QED) is 0.938. The normalized spacial score (nSPS) is 18.1. The van der Waals surface area contributed by atoms with Gasteiger partial charge in [-0.05, 0) is 38.0 Å². The summed E-state index contributed by atoms with van der Waals surface area (Å²) < 4.78 is 0. The van der Waals surface area contributed by atoms with E-state index in [1.807, 2.05) is 43.0 Å². The fourth-order valence-corrected chi connectivity index (χ4v) is 2.42. The van der Waals surface area contributed by atoms with E-state index in [1.165, 1.54) is 5.56 Å². The highest BCUT2D eigenvalue weighted by atomic mass is 16.2. The number of hydrogen-bond acceptors (Lipinski definition) is 4. The molecule has 1 unspecified atom stereocenters. The SMILES string of the molecule is Cc1ccc(N2CCC(Nc3ncc(C)cn3)C2=O)cc1. The van der Waals surface area contributed by atoms with Crippen LogP contribution in [0.15, 0.2) is 36.7 Å². The van der Waals surface area contributed by atoms with Crippen LogP contribution in [0.3, 0.4) is 0 Å². The minimum Gasteiger partial charge on any atom is -0.342 e. The number of aromatic nitrogens is 2. The van der Waals surface area contributed by atoms with Crippen LogP contribution in [0.1, 0.15) is 17.5 Å². The van der Waals surface area contributed by atoms with Crippen LogP contribution in [0, 0.1) is 13.8 Å². The Morgan fingerprint density at radius 3 is 2.43 bits per heavy atom. The van der Waals surface area contributed by atoms with E-state index in [0.717, 1.165) is 17.7 Å². The van der Waals surface area contributed by atoms with Gasteiger partial charge in [0.1, 0.15) is 6.04 Å². The Morgan fingerprint density at radius 1 is 1.10 bits per heavy atom. The summed E-state index contributed by atoms with van der Waals surface area (Å²) in [6.45, 7) is 4.68. The van der Waals surface area contributed by atoms with Crippen molar-refractivity contribution in [1.29, 1.82) is 0 Å². The van der Waals surface area contributed by atoms with Gasteiger partial charge in [0.2, 0.25) is 11.9 Å². The molecule has 1 saturated heterocycles. The second kappa shape index (κ2) is 5.52. The zero-order chi connectivity index (χ0) is 14.8. The number of rotatable bonds is 3. The maximum atomic E-state index is 12.5. The second-order valence-electron chi connectivity index (χ2n) is 5.40. The molecule has 0 bridgehead atoms. The van der Waals surface area contributed by atoms with Crippen molar-refractivity contribution >= 4 is 17.5 Å². The van der Waals surface area contributed by atoms with Crippen molar-refractivity contribution in [2.24, 2.45) is 0 Å². The largest absolute Gasteiger partial charge is 0.342 e. The third-order valence-electron chi connectivity index (χ3n) is 3.64. The molecule has 1 N–H and O–H groups in total. The highest BCUT2D eigenvalue weighted by Crippen LogP contribution is 2.23. The number of carbonyl (C=O) groups is 1. The molecule has 1 fully saturated rings. The van der Waals surface area contributed by atoms with E-state index in [2.05, 4.69) is 15.3 Å². The average molecular weight is 282 g/mol. The molecule has 0 saturated carbocycles. The first-order valence-corrected chi connectivity index (χ1v) is 7.07. The lowest BCUT2D eigenvalue weighted by atomic mass is 10.2. The van der Waals surface area contributed by atoms with E-state index in [-0.39, 0.29) is 11.9 Å². The van der Waals surface area contributed by atoms with E-state index in [1.54, 1.807) is 12.4 Å². The fraction of sp³-hybridized carbons (Fsp3) is 0.312. The number of nitrogens with zero attached hydrogens (tertiary/aromatic N) is 3. The van der Waals surface area contributed by atoms with Gasteiger partial charge in [-0.2, -0.15) is 0 Å². The standard InChI is InChI=1S/C16H18N4O/c1-11-3-5-13(6-4-11)20-8-7-14(15(20)21)19-16-17-9-12(2)10-18-16/h3-6,9-10,14H,7-8H2,1-2H3,(H,17,18,19). The molecule has 3 rings (SSSR count). The van der Waals surface area contributed by atoms with Gasteiger partial charge in [-0.15, -0.1) is 0 Å². The lowest BCUT2D eigenvalue weighted by Gasteiger charge is -2.17. The number of hydrogen-bond donors (Lipinski definition) is 1. The molecule has 5 nitrogen and oxygen atoms in total. The van der Waals surface area contributed by atoms with Crippen LogP contribution in [0.25, 0.3) is 0 Å². The van der Waals surface area contributed by atoms with Crippen LogP contribution in [0.2, 0.25) is 0 Å². The maximum absolute atomic E-state index is 12.5. The van der Waals surface area contributed by atoms with Crippen molar-refractivity contribution in [1.82, 2.24) is 9.97 Å². The summed E-state index contributed by atoms with van der Waals surface area (Å²) in [5, 5.41) is 3.12. The number of aryl methyl sites for hydroxylation is 2. The summed E-state index contributed by atoms with van der Waals surface area (Å²) in [6, 6.07) is 7.75. The van der Waals surface area contributed by atoms with Gasteiger partial charge in [0, 0.05) is 24.6 Å². The zero-order valence-corrected chi connectivity index (χ0v) is 12.2. The van der Waals surface area contributed by atoms with Gasteiger partial charge in [-0.3, -0.25) is 4.79 Å². The molecule has 1 aliphatic rings. The summed E-state index contributed by atoms with van der Waals surface area (Å²) in [6.07, 6.45) is 4.24. The van der Waals surface area contributed by atoms with Crippen molar-refractivity contribution in [3.8, 4) is 0 Å². The molecule has 2 heterocycles. The first kappa shape index (κ1) is 13.5.